The minimum Gasteiger partial charge on any atom is -0.372 e. The van der Waals surface area contributed by atoms with E-state index >= 15 is 0 Å². The lowest BCUT2D eigenvalue weighted by Crippen LogP contribution is -2.41. The quantitative estimate of drug-likeness (QED) is 0.768. The highest BCUT2D eigenvalue weighted by Gasteiger charge is 2.36. The summed E-state index contributed by atoms with van der Waals surface area (Å²) >= 11 is 10.2. The van der Waals surface area contributed by atoms with Crippen LogP contribution in [0.5, 0.6) is 0 Å². The van der Waals surface area contributed by atoms with Gasteiger partial charge in [-0.15, -0.1) is 0 Å². The minimum absolute atomic E-state index is 0.0531. The number of halogens is 2. The molecule has 0 amide bonds. The second-order valence-electron chi connectivity index (χ2n) is 6.20. The maximum atomic E-state index is 6.60. The molecule has 1 aliphatic carbocycles. The van der Waals surface area contributed by atoms with E-state index in [2.05, 4.69) is 45.2 Å². The van der Waals surface area contributed by atoms with Crippen molar-refractivity contribution in [1.82, 2.24) is 10.2 Å². The molecule has 0 bridgehead atoms. The molecule has 0 spiro atoms. The predicted octanol–water partition coefficient (Wildman–Crippen LogP) is 3.25. The number of likely N-dealkylation sites (tertiary alicyclic amines) is 1. The van der Waals surface area contributed by atoms with Gasteiger partial charge >= 0.3 is 0 Å². The van der Waals surface area contributed by atoms with Crippen LogP contribution in [0.2, 0.25) is 0 Å². The first-order chi connectivity index (χ1) is 10.1. The Hall–Kier alpha value is -0.710. The Balaban J connectivity index is 1.69. The summed E-state index contributed by atoms with van der Waals surface area (Å²) in [5.41, 5.74) is 3.75. The molecule has 3 heterocycles. The zero-order valence-corrected chi connectivity index (χ0v) is 14.3. The van der Waals surface area contributed by atoms with E-state index in [0.717, 1.165) is 28.5 Å². The van der Waals surface area contributed by atoms with Gasteiger partial charge in [-0.25, -0.2) is 0 Å². The van der Waals surface area contributed by atoms with Crippen molar-refractivity contribution >= 4 is 27.5 Å². The Kier molecular flexibility index (Phi) is 3.43. The molecule has 3 aliphatic heterocycles. The average molecular weight is 370 g/mol. The Morgan fingerprint density at radius 1 is 1.33 bits per heavy atom. The van der Waals surface area contributed by atoms with E-state index in [0.29, 0.717) is 13.2 Å². The lowest BCUT2D eigenvalue weighted by Gasteiger charge is -2.35. The van der Waals surface area contributed by atoms with Crippen molar-refractivity contribution in [2.24, 2.45) is 5.92 Å². The van der Waals surface area contributed by atoms with Gasteiger partial charge in [0.15, 0.2) is 0 Å². The molecular formula is C16H18BrClN2O. The number of nitrogens with one attached hydrogen (secondary N) is 1. The largest absolute Gasteiger partial charge is 0.372 e. The molecule has 4 rings (SSSR count). The first kappa shape index (κ1) is 13.9. The molecule has 21 heavy (non-hydrogen) atoms. The molecule has 2 atom stereocenters. The molecule has 0 aromatic heterocycles. The minimum atomic E-state index is 0.0531. The molecule has 0 aromatic rings. The van der Waals surface area contributed by atoms with Crippen molar-refractivity contribution in [2.75, 3.05) is 26.3 Å². The second kappa shape index (κ2) is 5.18. The highest BCUT2D eigenvalue weighted by Crippen LogP contribution is 2.43. The van der Waals surface area contributed by atoms with Crippen molar-refractivity contribution < 1.29 is 4.74 Å². The molecule has 2 unspecified atom stereocenters. The fourth-order valence-electron chi connectivity index (χ4n) is 3.52. The Labute approximate surface area is 138 Å². The van der Waals surface area contributed by atoms with E-state index in [-0.39, 0.29) is 6.04 Å². The Morgan fingerprint density at radius 2 is 2.14 bits per heavy atom. The average Bonchev–Trinajstić information content (AvgIpc) is 3.13. The summed E-state index contributed by atoms with van der Waals surface area (Å²) < 4.78 is 6.61. The molecule has 0 saturated carbocycles. The maximum Gasteiger partial charge on any atom is 0.102 e. The standard InChI is InChI=1S/C16H18BrClN2O/c1-9-4-5-20(6-9)13-3-2-10-11-7-21-8-12(11)14(17)15(18)16(10)19-13/h2-3,9,16,19H,4-8H2,1H3. The van der Waals surface area contributed by atoms with E-state index in [1.807, 2.05) is 0 Å². The summed E-state index contributed by atoms with van der Waals surface area (Å²) in [6, 6.07) is 0.0531. The van der Waals surface area contributed by atoms with Crippen molar-refractivity contribution in [3.63, 3.8) is 0 Å². The van der Waals surface area contributed by atoms with Crippen LogP contribution in [0.4, 0.5) is 0 Å². The monoisotopic (exact) mass is 368 g/mol. The van der Waals surface area contributed by atoms with Gasteiger partial charge in [0.1, 0.15) is 5.82 Å². The number of rotatable bonds is 1. The molecule has 1 saturated heterocycles. The normalized spacial score (nSPS) is 31.9. The Morgan fingerprint density at radius 3 is 2.90 bits per heavy atom. The van der Waals surface area contributed by atoms with Gasteiger partial charge in [-0.2, -0.15) is 0 Å². The topological polar surface area (TPSA) is 24.5 Å². The van der Waals surface area contributed by atoms with Crippen molar-refractivity contribution in [3.8, 4) is 0 Å². The lowest BCUT2D eigenvalue weighted by molar-refractivity contribution is 0.206. The van der Waals surface area contributed by atoms with E-state index in [4.69, 9.17) is 16.3 Å². The number of fused-ring (bicyclic) bond motifs is 2. The van der Waals surface area contributed by atoms with Crippen LogP contribution in [0.15, 0.2) is 44.2 Å². The third-order valence-electron chi connectivity index (χ3n) is 4.72. The van der Waals surface area contributed by atoms with E-state index in [1.165, 1.54) is 29.0 Å². The van der Waals surface area contributed by atoms with E-state index in [9.17, 15) is 0 Å². The Bertz CT molecular complexity index is 620. The first-order valence-corrected chi connectivity index (χ1v) is 8.61. The third-order valence-corrected chi connectivity index (χ3v) is 6.26. The van der Waals surface area contributed by atoms with Crippen molar-refractivity contribution in [1.29, 1.82) is 0 Å². The summed E-state index contributed by atoms with van der Waals surface area (Å²) in [7, 11) is 0. The van der Waals surface area contributed by atoms with Gasteiger partial charge in [-0.1, -0.05) is 24.6 Å². The van der Waals surface area contributed by atoms with Crippen LogP contribution in [0.1, 0.15) is 13.3 Å². The van der Waals surface area contributed by atoms with Crippen LogP contribution in [0.3, 0.4) is 0 Å². The smallest absolute Gasteiger partial charge is 0.102 e. The summed E-state index contributed by atoms with van der Waals surface area (Å²) in [6.07, 6.45) is 5.66. The summed E-state index contributed by atoms with van der Waals surface area (Å²) in [6.45, 7) is 5.88. The van der Waals surface area contributed by atoms with Gasteiger partial charge in [-0.05, 0) is 51.1 Å². The van der Waals surface area contributed by atoms with E-state index < -0.39 is 0 Å². The van der Waals surface area contributed by atoms with Crippen LogP contribution in [-0.4, -0.2) is 37.2 Å². The number of nitrogens with zero attached hydrogens (tertiary/aromatic N) is 1. The van der Waals surface area contributed by atoms with Crippen LogP contribution in [-0.2, 0) is 4.74 Å². The molecule has 0 radical (unpaired) electrons. The number of hydrogen-bond donors (Lipinski definition) is 1. The van der Waals surface area contributed by atoms with Gasteiger partial charge < -0.3 is 15.0 Å². The fourth-order valence-corrected chi connectivity index (χ4v) is 4.39. The van der Waals surface area contributed by atoms with Crippen molar-refractivity contribution in [2.45, 2.75) is 19.4 Å². The van der Waals surface area contributed by atoms with Gasteiger partial charge in [0, 0.05) is 17.6 Å². The second-order valence-corrected chi connectivity index (χ2v) is 7.40. The highest BCUT2D eigenvalue weighted by molar-refractivity contribution is 9.12. The zero-order valence-electron chi connectivity index (χ0n) is 12.0. The van der Waals surface area contributed by atoms with Crippen LogP contribution in [0.25, 0.3) is 0 Å². The van der Waals surface area contributed by atoms with Gasteiger partial charge in [0.2, 0.25) is 0 Å². The summed E-state index contributed by atoms with van der Waals surface area (Å²) in [4.78, 5) is 2.42. The van der Waals surface area contributed by atoms with Crippen LogP contribution >= 0.6 is 27.5 Å². The van der Waals surface area contributed by atoms with Gasteiger partial charge in [-0.3, -0.25) is 0 Å². The van der Waals surface area contributed by atoms with Crippen LogP contribution in [0, 0.1) is 5.92 Å². The molecule has 112 valence electrons. The first-order valence-electron chi connectivity index (χ1n) is 7.44. The molecular weight excluding hydrogens is 352 g/mol. The third kappa shape index (κ3) is 2.19. The molecule has 1 fully saturated rings. The number of hydrogen-bond acceptors (Lipinski definition) is 3. The number of dihydropyridines is 1. The van der Waals surface area contributed by atoms with Gasteiger partial charge in [0.25, 0.3) is 0 Å². The zero-order chi connectivity index (χ0) is 14.6. The predicted molar refractivity (Wildman–Crippen MR) is 88.1 cm³/mol. The lowest BCUT2D eigenvalue weighted by atomic mass is 9.88. The molecule has 5 heteroatoms. The molecule has 0 aromatic carbocycles. The SMILES string of the molecule is CC1CCN(C2=CC=C3C4=C(COC4)C(Br)=C(Cl)C3N2)C1. The summed E-state index contributed by atoms with van der Waals surface area (Å²) in [5.74, 6) is 1.95. The van der Waals surface area contributed by atoms with Crippen LogP contribution < -0.4 is 5.32 Å². The fraction of sp³-hybridized carbons (Fsp3) is 0.500. The number of ether oxygens (including phenoxy) is 1. The summed E-state index contributed by atoms with van der Waals surface area (Å²) in [5, 5.41) is 4.46. The van der Waals surface area contributed by atoms with Gasteiger partial charge in [0.05, 0.1) is 24.3 Å². The highest BCUT2D eigenvalue weighted by atomic mass is 79.9. The van der Waals surface area contributed by atoms with E-state index in [1.54, 1.807) is 0 Å². The molecule has 4 aliphatic rings. The molecule has 3 nitrogen and oxygen atoms in total. The maximum absolute atomic E-state index is 6.60. The number of allylic oxidation sites excluding steroid dienone is 2. The molecule has 1 N–H and O–H groups in total. The van der Waals surface area contributed by atoms with Crippen molar-refractivity contribution in [3.05, 3.63) is 44.2 Å².